The number of benzene rings is 7. The highest BCUT2D eigenvalue weighted by atomic mass is 32.1. The van der Waals surface area contributed by atoms with Crippen molar-refractivity contribution < 1.29 is 4.42 Å². The molecule has 56 heavy (non-hydrogen) atoms. The molecular weight excluding hydrogens is 705 g/mol. The van der Waals surface area contributed by atoms with Gasteiger partial charge in [-0.1, -0.05) is 147 Å². The molecule has 6 heteroatoms. The molecule has 0 unspecified atom stereocenters. The van der Waals surface area contributed by atoms with Crippen molar-refractivity contribution in [2.24, 2.45) is 0 Å². The van der Waals surface area contributed by atoms with E-state index in [1.165, 1.54) is 53.6 Å². The van der Waals surface area contributed by atoms with Gasteiger partial charge in [0.2, 0.25) is 5.89 Å². The van der Waals surface area contributed by atoms with Crippen molar-refractivity contribution in [1.29, 1.82) is 0 Å². The van der Waals surface area contributed by atoms with Gasteiger partial charge in [-0.2, -0.15) is 0 Å². The molecule has 10 aromatic rings. The molecule has 0 saturated carbocycles. The normalized spacial score (nSPS) is 13.0. The molecule has 0 bridgehead atoms. The van der Waals surface area contributed by atoms with E-state index < -0.39 is 0 Å². The molecule has 1 aliphatic carbocycles. The van der Waals surface area contributed by atoms with E-state index in [0.717, 1.165) is 39.2 Å². The number of thiophene rings is 1. The monoisotopic (exact) mass is 738 g/mol. The number of fused-ring (bicyclic) bond motifs is 8. The van der Waals surface area contributed by atoms with Crippen molar-refractivity contribution in [3.8, 4) is 56.5 Å². The molecule has 7 aromatic carbocycles. The van der Waals surface area contributed by atoms with E-state index >= 15 is 0 Å². The number of oxazole rings is 1. The number of aromatic nitrogens is 4. The van der Waals surface area contributed by atoms with E-state index in [9.17, 15) is 0 Å². The molecule has 3 heterocycles. The molecule has 11 rings (SSSR count). The van der Waals surface area contributed by atoms with Crippen LogP contribution in [0.25, 0.3) is 87.8 Å². The number of rotatable bonds is 6. The summed E-state index contributed by atoms with van der Waals surface area (Å²) in [6.07, 6.45) is 0.592. The summed E-state index contributed by atoms with van der Waals surface area (Å²) in [5.41, 5.74) is 13.0. The van der Waals surface area contributed by atoms with Crippen LogP contribution in [-0.2, 0) is 11.8 Å². The quantitative estimate of drug-likeness (QED) is 0.170. The summed E-state index contributed by atoms with van der Waals surface area (Å²) in [4.78, 5) is 19.8. The lowest BCUT2D eigenvalue weighted by atomic mass is 9.81. The highest BCUT2D eigenvalue weighted by molar-refractivity contribution is 7.26. The SMILES string of the molecule is CC1(C)c2cc(-c3cccc4c3sc3c(Cc5nc(-c6ccccc6)nc(-c6ccccc6)n5)cccc34)ccc2-c2c1ccc1nc(-c3ccccc3)oc21. The van der Waals surface area contributed by atoms with E-state index in [-0.39, 0.29) is 5.41 Å². The van der Waals surface area contributed by atoms with Gasteiger partial charge in [-0.3, -0.25) is 0 Å². The Morgan fingerprint density at radius 3 is 1.86 bits per heavy atom. The summed E-state index contributed by atoms with van der Waals surface area (Å²) in [7, 11) is 0. The third kappa shape index (κ3) is 5.21. The van der Waals surface area contributed by atoms with Gasteiger partial charge < -0.3 is 4.42 Å². The maximum Gasteiger partial charge on any atom is 0.227 e. The van der Waals surface area contributed by atoms with Gasteiger partial charge in [-0.05, 0) is 57.6 Å². The minimum absolute atomic E-state index is 0.211. The molecule has 3 aromatic heterocycles. The van der Waals surface area contributed by atoms with Crippen LogP contribution in [0.5, 0.6) is 0 Å². The molecular formula is C50H34N4OS. The molecule has 0 N–H and O–H groups in total. The summed E-state index contributed by atoms with van der Waals surface area (Å²) in [5.74, 6) is 2.77. The smallest absolute Gasteiger partial charge is 0.227 e. The predicted octanol–water partition coefficient (Wildman–Crippen LogP) is 12.9. The van der Waals surface area contributed by atoms with Crippen molar-refractivity contribution >= 4 is 42.6 Å². The Kier molecular flexibility index (Phi) is 7.38. The maximum absolute atomic E-state index is 6.54. The van der Waals surface area contributed by atoms with E-state index in [0.29, 0.717) is 24.0 Å². The van der Waals surface area contributed by atoms with Crippen molar-refractivity contribution in [1.82, 2.24) is 19.9 Å². The molecule has 0 radical (unpaired) electrons. The van der Waals surface area contributed by atoms with Gasteiger partial charge in [0.1, 0.15) is 11.3 Å². The van der Waals surface area contributed by atoms with Gasteiger partial charge in [0.05, 0.1) is 0 Å². The fourth-order valence-electron chi connectivity index (χ4n) is 8.42. The first-order valence-corrected chi connectivity index (χ1v) is 19.7. The van der Waals surface area contributed by atoms with E-state index in [4.69, 9.17) is 24.4 Å². The van der Waals surface area contributed by atoms with Gasteiger partial charge in [0.15, 0.2) is 17.2 Å². The fraction of sp³-hybridized carbons (Fsp3) is 0.0800. The van der Waals surface area contributed by atoms with Crippen molar-refractivity contribution in [2.75, 3.05) is 0 Å². The van der Waals surface area contributed by atoms with Crippen LogP contribution in [0.3, 0.4) is 0 Å². The Morgan fingerprint density at radius 2 is 1.16 bits per heavy atom. The average Bonchev–Trinajstić information content (AvgIpc) is 3.93. The van der Waals surface area contributed by atoms with Gasteiger partial charge in [0.25, 0.3) is 0 Å². The lowest BCUT2D eigenvalue weighted by molar-refractivity contribution is 0.618. The van der Waals surface area contributed by atoms with Gasteiger partial charge >= 0.3 is 0 Å². The Bertz CT molecular complexity index is 3070. The first-order chi connectivity index (χ1) is 27.5. The highest BCUT2D eigenvalue weighted by Gasteiger charge is 2.38. The molecule has 5 nitrogen and oxygen atoms in total. The highest BCUT2D eigenvalue weighted by Crippen LogP contribution is 2.53. The maximum atomic E-state index is 6.54. The first-order valence-electron chi connectivity index (χ1n) is 18.9. The van der Waals surface area contributed by atoms with Crippen molar-refractivity contribution in [3.05, 3.63) is 180 Å². The summed E-state index contributed by atoms with van der Waals surface area (Å²) in [6, 6.07) is 55.1. The van der Waals surface area contributed by atoms with Crippen molar-refractivity contribution in [3.63, 3.8) is 0 Å². The zero-order valence-electron chi connectivity index (χ0n) is 30.8. The molecule has 0 spiro atoms. The first kappa shape index (κ1) is 32.7. The van der Waals surface area contributed by atoms with Crippen LogP contribution in [0.1, 0.15) is 36.4 Å². The second-order valence-electron chi connectivity index (χ2n) is 15.0. The zero-order valence-corrected chi connectivity index (χ0v) is 31.6. The molecule has 0 aliphatic heterocycles. The Labute approximate surface area is 328 Å². The lowest BCUT2D eigenvalue weighted by Gasteiger charge is -2.22. The largest absolute Gasteiger partial charge is 0.435 e. The van der Waals surface area contributed by atoms with Crippen LogP contribution >= 0.6 is 11.3 Å². The van der Waals surface area contributed by atoms with Crippen LogP contribution in [0, 0.1) is 0 Å². The lowest BCUT2D eigenvalue weighted by Crippen LogP contribution is -2.14. The third-order valence-electron chi connectivity index (χ3n) is 11.2. The average molecular weight is 739 g/mol. The van der Waals surface area contributed by atoms with Crippen LogP contribution in [-0.4, -0.2) is 19.9 Å². The molecule has 266 valence electrons. The summed E-state index contributed by atoms with van der Waals surface area (Å²) in [5, 5.41) is 2.51. The van der Waals surface area contributed by atoms with Gasteiger partial charge in [-0.25, -0.2) is 19.9 Å². The van der Waals surface area contributed by atoms with Crippen LogP contribution in [0.15, 0.2) is 162 Å². The molecule has 0 saturated heterocycles. The van der Waals surface area contributed by atoms with Crippen LogP contribution < -0.4 is 0 Å². The molecule has 0 fully saturated rings. The second-order valence-corrected chi connectivity index (χ2v) is 16.0. The number of hydrogen-bond donors (Lipinski definition) is 0. The summed E-state index contributed by atoms with van der Waals surface area (Å²) in [6.45, 7) is 4.64. The van der Waals surface area contributed by atoms with Gasteiger partial charge in [0, 0.05) is 54.3 Å². The number of hydrogen-bond acceptors (Lipinski definition) is 6. The molecule has 0 amide bonds. The zero-order chi connectivity index (χ0) is 37.4. The number of nitrogens with zero attached hydrogens (tertiary/aromatic N) is 4. The Morgan fingerprint density at radius 1 is 0.518 bits per heavy atom. The Hall–Kier alpha value is -6.76. The third-order valence-corrected chi connectivity index (χ3v) is 12.6. The van der Waals surface area contributed by atoms with E-state index in [1.54, 1.807) is 0 Å². The second kappa shape index (κ2) is 12.7. The predicted molar refractivity (Wildman–Crippen MR) is 229 cm³/mol. The summed E-state index contributed by atoms with van der Waals surface area (Å²) < 4.78 is 9.08. The molecule has 0 atom stereocenters. The van der Waals surface area contributed by atoms with Crippen molar-refractivity contribution in [2.45, 2.75) is 25.7 Å². The fourth-order valence-corrected chi connectivity index (χ4v) is 9.77. The molecule has 1 aliphatic rings. The van der Waals surface area contributed by atoms with Crippen LogP contribution in [0.4, 0.5) is 0 Å². The van der Waals surface area contributed by atoms with E-state index in [1.807, 2.05) is 78.1 Å². The Balaban J connectivity index is 1.01. The topological polar surface area (TPSA) is 64.7 Å². The minimum Gasteiger partial charge on any atom is -0.435 e. The van der Waals surface area contributed by atoms with Gasteiger partial charge in [-0.15, -0.1) is 11.3 Å². The minimum atomic E-state index is -0.211. The summed E-state index contributed by atoms with van der Waals surface area (Å²) >= 11 is 1.86. The van der Waals surface area contributed by atoms with E-state index in [2.05, 4.69) is 105 Å². The van der Waals surface area contributed by atoms with Crippen LogP contribution in [0.2, 0.25) is 0 Å². The standard InChI is InChI=1S/C50H34N4OS/c1-50(2)39-26-27-41-44(55-49(51-41)32-18-10-5-11-19-32)43(39)38-25-24-33(28-40(38)50)35-21-13-23-37-36-22-12-20-34(45(36)56-46(35)37)29-42-52-47(30-14-6-3-7-15-30)54-48(53-42)31-16-8-4-9-17-31/h3-28H,29H2,1-2H3.